The van der Waals surface area contributed by atoms with Crippen LogP contribution < -0.4 is 15.4 Å². The first-order valence-electron chi connectivity index (χ1n) is 9.17. The lowest BCUT2D eigenvalue weighted by molar-refractivity contribution is -0.384. The van der Waals surface area contributed by atoms with Gasteiger partial charge in [0.15, 0.2) is 0 Å². The molecule has 0 aromatic heterocycles. The molecular weight excluding hydrogens is 392 g/mol. The third kappa shape index (κ3) is 3.93. The number of nitrogens with one attached hydrogen (secondary N) is 2. The number of amides is 4. The summed E-state index contributed by atoms with van der Waals surface area (Å²) in [5, 5.41) is 16.0. The zero-order chi connectivity index (χ0) is 21.9. The number of carbonyl (C=O) groups excluding carboxylic acids is 3. The number of nitro benzene ring substituents is 1. The van der Waals surface area contributed by atoms with Crippen molar-refractivity contribution in [1.29, 1.82) is 0 Å². The monoisotopic (exact) mass is 412 g/mol. The van der Waals surface area contributed by atoms with Gasteiger partial charge in [0.2, 0.25) is 5.91 Å². The van der Waals surface area contributed by atoms with Crippen LogP contribution in [-0.2, 0) is 15.1 Å². The van der Waals surface area contributed by atoms with E-state index in [0.29, 0.717) is 23.6 Å². The van der Waals surface area contributed by atoms with Crippen LogP contribution in [0.1, 0.15) is 19.4 Å². The zero-order valence-electron chi connectivity index (χ0n) is 16.4. The molecule has 0 unspecified atom stereocenters. The van der Waals surface area contributed by atoms with Crippen LogP contribution in [-0.4, -0.2) is 40.8 Å². The standard InChI is InChI=1S/C20H20N4O6/c1-3-30-16-7-5-4-6-15(16)21-17(25)12-23-18(26)20(2,22-19(23)27)13-8-10-14(11-9-13)24(28)29/h4-11H,3,12H2,1-2H3,(H,21,25)(H,22,27)/t20-/m1/s1. The summed E-state index contributed by atoms with van der Waals surface area (Å²) in [4.78, 5) is 48.8. The van der Waals surface area contributed by atoms with Gasteiger partial charge in [0, 0.05) is 12.1 Å². The number of carbonyl (C=O) groups is 3. The van der Waals surface area contributed by atoms with Gasteiger partial charge in [0.25, 0.3) is 11.6 Å². The third-order valence-corrected chi connectivity index (χ3v) is 4.69. The topological polar surface area (TPSA) is 131 Å². The first-order chi connectivity index (χ1) is 14.3. The number of nitrogens with zero attached hydrogens (tertiary/aromatic N) is 2. The highest BCUT2D eigenvalue weighted by Crippen LogP contribution is 2.30. The molecule has 1 atom stereocenters. The van der Waals surface area contributed by atoms with E-state index in [1.807, 2.05) is 6.92 Å². The van der Waals surface area contributed by atoms with Crippen molar-refractivity contribution in [2.45, 2.75) is 19.4 Å². The van der Waals surface area contributed by atoms with Crippen molar-refractivity contribution in [3.05, 3.63) is 64.2 Å². The summed E-state index contributed by atoms with van der Waals surface area (Å²) in [5.74, 6) is -0.727. The molecule has 10 nitrogen and oxygen atoms in total. The van der Waals surface area contributed by atoms with Crippen LogP contribution in [0.2, 0.25) is 0 Å². The number of nitro groups is 1. The van der Waals surface area contributed by atoms with Crippen LogP contribution in [0.3, 0.4) is 0 Å². The third-order valence-electron chi connectivity index (χ3n) is 4.69. The van der Waals surface area contributed by atoms with Crippen LogP contribution in [0.4, 0.5) is 16.2 Å². The molecule has 2 N–H and O–H groups in total. The Labute approximate surface area is 172 Å². The van der Waals surface area contributed by atoms with Gasteiger partial charge in [-0.15, -0.1) is 0 Å². The maximum atomic E-state index is 12.9. The van der Waals surface area contributed by atoms with E-state index in [1.54, 1.807) is 24.3 Å². The van der Waals surface area contributed by atoms with E-state index >= 15 is 0 Å². The van der Waals surface area contributed by atoms with Gasteiger partial charge < -0.3 is 15.4 Å². The molecule has 3 rings (SSSR count). The summed E-state index contributed by atoms with van der Waals surface area (Å²) < 4.78 is 5.44. The Morgan fingerprint density at radius 2 is 1.87 bits per heavy atom. The Morgan fingerprint density at radius 3 is 2.50 bits per heavy atom. The summed E-state index contributed by atoms with van der Waals surface area (Å²) in [6.07, 6.45) is 0. The number of hydrogen-bond donors (Lipinski definition) is 2. The molecule has 0 aliphatic carbocycles. The van der Waals surface area contributed by atoms with Gasteiger partial charge in [-0.3, -0.25) is 24.6 Å². The van der Waals surface area contributed by atoms with Gasteiger partial charge in [-0.05, 0) is 43.7 Å². The molecule has 1 fully saturated rings. The molecule has 1 aliphatic rings. The SMILES string of the molecule is CCOc1ccccc1NC(=O)CN1C(=O)N[C@](C)(c2ccc([N+](=O)[O-])cc2)C1=O. The Morgan fingerprint density at radius 1 is 1.20 bits per heavy atom. The van der Waals surface area contributed by atoms with Crippen molar-refractivity contribution >= 4 is 29.2 Å². The van der Waals surface area contributed by atoms with Crippen molar-refractivity contribution in [1.82, 2.24) is 10.2 Å². The lowest BCUT2D eigenvalue weighted by Gasteiger charge is -2.22. The average Bonchev–Trinajstić information content (AvgIpc) is 2.93. The molecular formula is C20H20N4O6. The fourth-order valence-corrected chi connectivity index (χ4v) is 3.14. The average molecular weight is 412 g/mol. The van der Waals surface area contributed by atoms with E-state index in [2.05, 4.69) is 10.6 Å². The molecule has 0 saturated carbocycles. The maximum absolute atomic E-state index is 12.9. The van der Waals surface area contributed by atoms with Crippen LogP contribution in [0.5, 0.6) is 5.75 Å². The second-order valence-corrected chi connectivity index (χ2v) is 6.73. The Kier molecular flexibility index (Phi) is 5.67. The minimum atomic E-state index is -1.43. The van der Waals surface area contributed by atoms with E-state index in [0.717, 1.165) is 4.90 Å². The number of imide groups is 1. The van der Waals surface area contributed by atoms with Gasteiger partial charge in [-0.1, -0.05) is 12.1 Å². The summed E-state index contributed by atoms with van der Waals surface area (Å²) in [5.41, 5.74) is -0.774. The number of rotatable bonds is 7. The summed E-state index contributed by atoms with van der Waals surface area (Å²) in [6.45, 7) is 3.21. The molecule has 1 saturated heterocycles. The van der Waals surface area contributed by atoms with Crippen molar-refractivity contribution in [3.8, 4) is 5.75 Å². The highest BCUT2D eigenvalue weighted by atomic mass is 16.6. The second-order valence-electron chi connectivity index (χ2n) is 6.73. The highest BCUT2D eigenvalue weighted by Gasteiger charge is 2.49. The van der Waals surface area contributed by atoms with Gasteiger partial charge in [-0.2, -0.15) is 0 Å². The molecule has 2 aromatic carbocycles. The largest absolute Gasteiger partial charge is 0.492 e. The second kappa shape index (κ2) is 8.19. The number of non-ortho nitro benzene ring substituents is 1. The van der Waals surface area contributed by atoms with Gasteiger partial charge >= 0.3 is 6.03 Å². The van der Waals surface area contributed by atoms with Crippen LogP contribution in [0.15, 0.2) is 48.5 Å². The van der Waals surface area contributed by atoms with Crippen LogP contribution in [0, 0.1) is 10.1 Å². The molecule has 0 radical (unpaired) electrons. The van der Waals surface area contributed by atoms with Gasteiger partial charge in [0.05, 0.1) is 17.2 Å². The molecule has 1 aliphatic heterocycles. The number of anilines is 1. The molecule has 0 spiro atoms. The number of ether oxygens (including phenoxy) is 1. The number of urea groups is 1. The fourth-order valence-electron chi connectivity index (χ4n) is 3.14. The molecule has 4 amide bonds. The van der Waals surface area contributed by atoms with Crippen molar-refractivity contribution in [3.63, 3.8) is 0 Å². The predicted octanol–water partition coefficient (Wildman–Crippen LogP) is 2.40. The Balaban J connectivity index is 1.75. The first-order valence-corrected chi connectivity index (χ1v) is 9.17. The van der Waals surface area contributed by atoms with Crippen molar-refractivity contribution in [2.75, 3.05) is 18.5 Å². The minimum absolute atomic E-state index is 0.136. The summed E-state index contributed by atoms with van der Waals surface area (Å²) >= 11 is 0. The van der Waals surface area contributed by atoms with Gasteiger partial charge in [0.1, 0.15) is 17.8 Å². The first kappa shape index (κ1) is 20.8. The molecule has 30 heavy (non-hydrogen) atoms. The van der Waals surface area contributed by atoms with E-state index in [1.165, 1.54) is 31.2 Å². The van der Waals surface area contributed by atoms with Gasteiger partial charge in [-0.25, -0.2) is 4.79 Å². The van der Waals surface area contributed by atoms with E-state index < -0.39 is 34.9 Å². The summed E-state index contributed by atoms with van der Waals surface area (Å²) in [7, 11) is 0. The normalized spacial score (nSPS) is 18.1. The Bertz CT molecular complexity index is 1010. The van der Waals surface area contributed by atoms with E-state index in [-0.39, 0.29) is 5.69 Å². The quantitative estimate of drug-likeness (QED) is 0.408. The zero-order valence-corrected chi connectivity index (χ0v) is 16.4. The Hall–Kier alpha value is -3.95. The molecule has 1 heterocycles. The molecule has 156 valence electrons. The van der Waals surface area contributed by atoms with E-state index in [9.17, 15) is 24.5 Å². The highest BCUT2D eigenvalue weighted by molar-refractivity contribution is 6.10. The minimum Gasteiger partial charge on any atom is -0.492 e. The van der Waals surface area contributed by atoms with Crippen molar-refractivity contribution in [2.24, 2.45) is 0 Å². The van der Waals surface area contributed by atoms with Crippen LogP contribution in [0.25, 0.3) is 0 Å². The number of para-hydroxylation sites is 2. The predicted molar refractivity (Wildman–Crippen MR) is 107 cm³/mol. The lowest BCUT2D eigenvalue weighted by Crippen LogP contribution is -2.42. The smallest absolute Gasteiger partial charge is 0.325 e. The molecule has 2 aromatic rings. The number of hydrogen-bond acceptors (Lipinski definition) is 6. The lowest BCUT2D eigenvalue weighted by atomic mass is 9.92. The summed E-state index contributed by atoms with van der Waals surface area (Å²) in [6, 6.07) is 11.4. The number of benzene rings is 2. The van der Waals surface area contributed by atoms with Crippen LogP contribution >= 0.6 is 0 Å². The van der Waals surface area contributed by atoms with Crippen molar-refractivity contribution < 1.29 is 24.0 Å². The fraction of sp³-hybridized carbons (Fsp3) is 0.250. The van der Waals surface area contributed by atoms with E-state index in [4.69, 9.17) is 4.74 Å². The maximum Gasteiger partial charge on any atom is 0.325 e. The molecule has 10 heteroatoms. The molecule has 0 bridgehead atoms.